The van der Waals surface area contributed by atoms with Crippen molar-refractivity contribution in [2.24, 2.45) is 5.73 Å². The van der Waals surface area contributed by atoms with Gasteiger partial charge >= 0.3 is 0 Å². The van der Waals surface area contributed by atoms with Crippen molar-refractivity contribution in [1.82, 2.24) is 14.9 Å². The van der Waals surface area contributed by atoms with Crippen molar-refractivity contribution in [3.63, 3.8) is 0 Å². The highest BCUT2D eigenvalue weighted by Crippen LogP contribution is 2.15. The summed E-state index contributed by atoms with van der Waals surface area (Å²) in [4.78, 5) is 24.3. The van der Waals surface area contributed by atoms with Gasteiger partial charge < -0.3 is 20.3 Å². The molecule has 0 aromatic carbocycles. The summed E-state index contributed by atoms with van der Waals surface area (Å²) in [7, 11) is 0. The van der Waals surface area contributed by atoms with Gasteiger partial charge in [0.05, 0.1) is 12.6 Å². The Hall–Kier alpha value is -1.60. The number of ether oxygens (including phenoxy) is 1. The van der Waals surface area contributed by atoms with Crippen LogP contribution in [0.3, 0.4) is 0 Å². The molecule has 7 nitrogen and oxygen atoms in total. The number of carbonyl (C=O) groups is 1. The van der Waals surface area contributed by atoms with E-state index in [0.29, 0.717) is 44.6 Å². The average Bonchev–Trinajstić information content (AvgIpc) is 2.47. The second kappa shape index (κ2) is 7.99. The maximum atomic E-state index is 11.8. The molecule has 1 aliphatic rings. The number of amides is 1. The summed E-state index contributed by atoms with van der Waals surface area (Å²) in [5.74, 6) is 1.21. The van der Waals surface area contributed by atoms with Crippen molar-refractivity contribution in [3.05, 3.63) is 12.3 Å². The number of halogens is 1. The number of aromatic nitrogens is 2. The Morgan fingerprint density at radius 1 is 1.43 bits per heavy atom. The van der Waals surface area contributed by atoms with E-state index >= 15 is 0 Å². The van der Waals surface area contributed by atoms with Crippen LogP contribution in [0.5, 0.6) is 5.88 Å². The fraction of sp³-hybridized carbons (Fsp3) is 0.615. The van der Waals surface area contributed by atoms with Gasteiger partial charge in [-0.25, -0.2) is 4.98 Å². The van der Waals surface area contributed by atoms with Crippen molar-refractivity contribution in [3.8, 4) is 5.88 Å². The molecule has 1 aromatic rings. The summed E-state index contributed by atoms with van der Waals surface area (Å²) in [6.45, 7) is 6.89. The number of nitrogens with zero attached hydrogens (tertiary/aromatic N) is 4. The van der Waals surface area contributed by atoms with Crippen LogP contribution in [0.1, 0.15) is 13.8 Å². The fourth-order valence-corrected chi connectivity index (χ4v) is 2.13. The van der Waals surface area contributed by atoms with Crippen LogP contribution < -0.4 is 15.4 Å². The first-order valence-electron chi connectivity index (χ1n) is 6.87. The van der Waals surface area contributed by atoms with Gasteiger partial charge in [0.2, 0.25) is 17.7 Å². The van der Waals surface area contributed by atoms with Crippen LogP contribution in [0.2, 0.25) is 0 Å². The van der Waals surface area contributed by atoms with Crippen LogP contribution in [0.15, 0.2) is 12.3 Å². The predicted octanol–water partition coefficient (Wildman–Crippen LogP) is 0.293. The molecule has 1 fully saturated rings. The van der Waals surface area contributed by atoms with Gasteiger partial charge in [-0.1, -0.05) is 0 Å². The Morgan fingerprint density at radius 3 is 2.67 bits per heavy atom. The zero-order valence-electron chi connectivity index (χ0n) is 12.4. The van der Waals surface area contributed by atoms with Gasteiger partial charge in [-0.15, -0.1) is 12.4 Å². The monoisotopic (exact) mass is 315 g/mol. The van der Waals surface area contributed by atoms with E-state index in [1.807, 2.05) is 11.8 Å². The van der Waals surface area contributed by atoms with Crippen LogP contribution >= 0.6 is 12.4 Å². The first kappa shape index (κ1) is 17.5. The fourth-order valence-electron chi connectivity index (χ4n) is 2.13. The minimum atomic E-state index is -0.445. The lowest BCUT2D eigenvalue weighted by molar-refractivity contribution is -0.132. The second-order valence-corrected chi connectivity index (χ2v) is 4.73. The lowest BCUT2D eigenvalue weighted by atomic mass is 10.2. The molecule has 8 heteroatoms. The molecule has 0 spiro atoms. The molecule has 1 aromatic heterocycles. The molecule has 0 aliphatic carbocycles. The van der Waals surface area contributed by atoms with E-state index in [9.17, 15) is 4.79 Å². The normalized spacial score (nSPS) is 16.1. The molecule has 1 saturated heterocycles. The topological polar surface area (TPSA) is 84.6 Å². The number of carbonyl (C=O) groups excluding carboxylic acids is 1. The number of anilines is 1. The van der Waals surface area contributed by atoms with Crippen LogP contribution in [-0.2, 0) is 4.79 Å². The quantitative estimate of drug-likeness (QED) is 0.860. The molecule has 0 saturated carbocycles. The van der Waals surface area contributed by atoms with Crippen molar-refractivity contribution in [2.45, 2.75) is 19.9 Å². The SMILES string of the molecule is CCOc1ccnc(N2CCN(C(=O)C(C)N)CC2)n1.Cl. The first-order valence-corrected chi connectivity index (χ1v) is 6.87. The van der Waals surface area contributed by atoms with E-state index < -0.39 is 6.04 Å². The highest BCUT2D eigenvalue weighted by molar-refractivity contribution is 5.85. The summed E-state index contributed by atoms with van der Waals surface area (Å²) in [5.41, 5.74) is 5.62. The molecule has 1 amide bonds. The standard InChI is InChI=1S/C13H21N5O2.ClH/c1-3-20-11-4-5-15-13(16-11)18-8-6-17(7-9-18)12(19)10(2)14;/h4-5,10H,3,6-9,14H2,1-2H3;1H. The highest BCUT2D eigenvalue weighted by Gasteiger charge is 2.24. The Kier molecular flexibility index (Phi) is 6.64. The van der Waals surface area contributed by atoms with Crippen LogP contribution in [0.4, 0.5) is 5.95 Å². The lowest BCUT2D eigenvalue weighted by Crippen LogP contribution is -2.52. The molecule has 2 rings (SSSR count). The number of piperazine rings is 1. The van der Waals surface area contributed by atoms with Crippen molar-refractivity contribution >= 4 is 24.3 Å². The number of rotatable bonds is 4. The van der Waals surface area contributed by atoms with E-state index in [1.54, 1.807) is 24.1 Å². The first-order chi connectivity index (χ1) is 9.61. The van der Waals surface area contributed by atoms with Gasteiger partial charge in [-0.2, -0.15) is 4.98 Å². The van der Waals surface area contributed by atoms with Crippen LogP contribution in [0, 0.1) is 0 Å². The van der Waals surface area contributed by atoms with E-state index in [-0.39, 0.29) is 18.3 Å². The minimum absolute atomic E-state index is 0. The molecule has 0 bridgehead atoms. The van der Waals surface area contributed by atoms with Gasteiger partial charge in [-0.3, -0.25) is 4.79 Å². The van der Waals surface area contributed by atoms with Gasteiger partial charge in [0.25, 0.3) is 0 Å². The molecule has 2 heterocycles. The molecule has 2 N–H and O–H groups in total. The summed E-state index contributed by atoms with van der Waals surface area (Å²) >= 11 is 0. The summed E-state index contributed by atoms with van der Waals surface area (Å²) < 4.78 is 5.37. The summed E-state index contributed by atoms with van der Waals surface area (Å²) in [6.07, 6.45) is 1.69. The molecule has 21 heavy (non-hydrogen) atoms. The second-order valence-electron chi connectivity index (χ2n) is 4.73. The van der Waals surface area contributed by atoms with E-state index in [4.69, 9.17) is 10.5 Å². The average molecular weight is 316 g/mol. The zero-order valence-corrected chi connectivity index (χ0v) is 13.2. The lowest BCUT2D eigenvalue weighted by Gasteiger charge is -2.35. The Bertz CT molecular complexity index is 464. The third-order valence-electron chi connectivity index (χ3n) is 3.17. The largest absolute Gasteiger partial charge is 0.478 e. The van der Waals surface area contributed by atoms with Gasteiger partial charge in [-0.05, 0) is 13.8 Å². The van der Waals surface area contributed by atoms with Crippen LogP contribution in [-0.4, -0.2) is 59.6 Å². The van der Waals surface area contributed by atoms with Crippen molar-refractivity contribution < 1.29 is 9.53 Å². The molecule has 0 radical (unpaired) electrons. The third-order valence-corrected chi connectivity index (χ3v) is 3.17. The van der Waals surface area contributed by atoms with E-state index in [2.05, 4.69) is 9.97 Å². The minimum Gasteiger partial charge on any atom is -0.478 e. The third kappa shape index (κ3) is 4.44. The Morgan fingerprint density at radius 2 is 2.10 bits per heavy atom. The molecular weight excluding hydrogens is 294 g/mol. The number of nitrogens with two attached hydrogens (primary N) is 1. The maximum absolute atomic E-state index is 11.8. The molecule has 1 unspecified atom stereocenters. The predicted molar refractivity (Wildman–Crippen MR) is 82.9 cm³/mol. The molecule has 1 aliphatic heterocycles. The number of hydrogen-bond donors (Lipinski definition) is 1. The molecule has 1 atom stereocenters. The molecule has 118 valence electrons. The smallest absolute Gasteiger partial charge is 0.239 e. The highest BCUT2D eigenvalue weighted by atomic mass is 35.5. The van der Waals surface area contributed by atoms with Crippen LogP contribution in [0.25, 0.3) is 0 Å². The Labute approximate surface area is 130 Å². The summed E-state index contributed by atoms with van der Waals surface area (Å²) in [6, 6.07) is 1.29. The van der Waals surface area contributed by atoms with Gasteiger partial charge in [0.1, 0.15) is 0 Å². The summed E-state index contributed by atoms with van der Waals surface area (Å²) in [5, 5.41) is 0. The zero-order chi connectivity index (χ0) is 14.5. The molecular formula is C13H22ClN5O2. The Balaban J connectivity index is 0.00000220. The van der Waals surface area contributed by atoms with Crippen molar-refractivity contribution in [2.75, 3.05) is 37.7 Å². The van der Waals surface area contributed by atoms with E-state index in [1.165, 1.54) is 0 Å². The van der Waals surface area contributed by atoms with Gasteiger partial charge in [0.15, 0.2) is 0 Å². The maximum Gasteiger partial charge on any atom is 0.239 e. The van der Waals surface area contributed by atoms with E-state index in [0.717, 1.165) is 0 Å². The van der Waals surface area contributed by atoms with Crippen molar-refractivity contribution in [1.29, 1.82) is 0 Å². The number of hydrogen-bond acceptors (Lipinski definition) is 6. The van der Waals surface area contributed by atoms with Gasteiger partial charge in [0, 0.05) is 38.4 Å².